The maximum Gasteiger partial charge on any atom is 0.326 e. The van der Waals surface area contributed by atoms with Gasteiger partial charge in [0.2, 0.25) is 5.91 Å². The number of carboxylic acids is 1. The van der Waals surface area contributed by atoms with E-state index in [0.29, 0.717) is 18.8 Å². The van der Waals surface area contributed by atoms with E-state index in [9.17, 15) is 9.59 Å². The first-order valence-corrected chi connectivity index (χ1v) is 9.88. The van der Waals surface area contributed by atoms with Gasteiger partial charge in [0, 0.05) is 23.4 Å². The number of benzene rings is 1. The van der Waals surface area contributed by atoms with Gasteiger partial charge in [-0.05, 0) is 18.9 Å². The second-order valence-electron chi connectivity index (χ2n) is 6.35. The number of carboxylic acid groups (broad SMARTS) is 1. The van der Waals surface area contributed by atoms with Crippen LogP contribution in [0.4, 0.5) is 5.82 Å². The van der Waals surface area contributed by atoms with Crippen LogP contribution in [-0.2, 0) is 9.59 Å². The fourth-order valence-electron chi connectivity index (χ4n) is 3.03. The number of aryl methyl sites for hydroxylation is 1. The molecule has 1 unspecified atom stereocenters. The Hall–Kier alpha value is -3.00. The highest BCUT2D eigenvalue weighted by Crippen LogP contribution is 2.40. The van der Waals surface area contributed by atoms with Gasteiger partial charge in [-0.1, -0.05) is 37.3 Å². The molecule has 0 spiro atoms. The van der Waals surface area contributed by atoms with E-state index in [-0.39, 0.29) is 12.3 Å². The molecule has 0 aliphatic rings. The first-order valence-electron chi connectivity index (χ1n) is 9.06. The second-order valence-corrected chi connectivity index (χ2v) is 7.55. The van der Waals surface area contributed by atoms with Gasteiger partial charge in [-0.2, -0.15) is 0 Å². The Morgan fingerprint density at radius 2 is 1.96 bits per heavy atom. The minimum absolute atomic E-state index is 0.152. The van der Waals surface area contributed by atoms with Crippen molar-refractivity contribution in [2.75, 3.05) is 11.9 Å². The van der Waals surface area contributed by atoms with Crippen molar-refractivity contribution < 1.29 is 14.7 Å². The van der Waals surface area contributed by atoms with Gasteiger partial charge < -0.3 is 15.7 Å². The monoisotopic (exact) mass is 398 g/mol. The van der Waals surface area contributed by atoms with Gasteiger partial charge in [0.05, 0.1) is 5.39 Å². The molecule has 1 amide bonds. The zero-order valence-electron chi connectivity index (χ0n) is 15.7. The van der Waals surface area contributed by atoms with Crippen LogP contribution < -0.4 is 10.6 Å². The highest BCUT2D eigenvalue weighted by molar-refractivity contribution is 7.19. The Bertz CT molecular complexity index is 988. The van der Waals surface area contributed by atoms with Crippen molar-refractivity contribution in [2.24, 2.45) is 0 Å². The summed E-state index contributed by atoms with van der Waals surface area (Å²) in [4.78, 5) is 33.8. The van der Waals surface area contributed by atoms with E-state index in [0.717, 1.165) is 26.2 Å². The Morgan fingerprint density at radius 3 is 2.64 bits per heavy atom. The molecule has 0 bridgehead atoms. The van der Waals surface area contributed by atoms with Gasteiger partial charge in [-0.15, -0.1) is 11.3 Å². The lowest BCUT2D eigenvalue weighted by molar-refractivity contribution is -0.141. The molecular formula is C20H22N4O3S. The van der Waals surface area contributed by atoms with Gasteiger partial charge in [0.1, 0.15) is 23.0 Å². The average molecular weight is 398 g/mol. The molecule has 7 nitrogen and oxygen atoms in total. The van der Waals surface area contributed by atoms with Crippen molar-refractivity contribution >= 4 is 39.2 Å². The SMILES string of the molecule is CCC(NC(=O)CCNc1ncnc2sc(C)c(-c3ccccc3)c12)C(=O)O. The predicted molar refractivity (Wildman–Crippen MR) is 111 cm³/mol. The first kappa shape index (κ1) is 19.8. The normalized spacial score (nSPS) is 11.9. The minimum Gasteiger partial charge on any atom is -0.480 e. The molecule has 0 saturated heterocycles. The maximum absolute atomic E-state index is 12.0. The molecule has 2 heterocycles. The number of aliphatic carboxylic acids is 1. The van der Waals surface area contributed by atoms with Crippen molar-refractivity contribution in [3.63, 3.8) is 0 Å². The minimum atomic E-state index is -1.03. The summed E-state index contributed by atoms with van der Waals surface area (Å²) in [5.74, 6) is -0.661. The number of thiophene rings is 1. The van der Waals surface area contributed by atoms with Crippen LogP contribution in [0.3, 0.4) is 0 Å². The number of amides is 1. The smallest absolute Gasteiger partial charge is 0.326 e. The van der Waals surface area contributed by atoms with Crippen LogP contribution >= 0.6 is 11.3 Å². The third kappa shape index (κ3) is 4.28. The first-order chi connectivity index (χ1) is 13.5. The van der Waals surface area contributed by atoms with E-state index >= 15 is 0 Å². The Labute approximate surface area is 166 Å². The van der Waals surface area contributed by atoms with Crippen LogP contribution in [-0.4, -0.2) is 39.5 Å². The highest BCUT2D eigenvalue weighted by Gasteiger charge is 2.18. The van der Waals surface area contributed by atoms with Crippen LogP contribution in [0, 0.1) is 6.92 Å². The van der Waals surface area contributed by atoms with Gasteiger partial charge in [-0.3, -0.25) is 4.79 Å². The molecule has 1 aromatic carbocycles. The van der Waals surface area contributed by atoms with Crippen LogP contribution in [0.2, 0.25) is 0 Å². The third-order valence-electron chi connectivity index (χ3n) is 4.41. The lowest BCUT2D eigenvalue weighted by Crippen LogP contribution is -2.40. The highest BCUT2D eigenvalue weighted by atomic mass is 32.1. The van der Waals surface area contributed by atoms with E-state index in [1.54, 1.807) is 18.3 Å². The predicted octanol–water partition coefficient (Wildman–Crippen LogP) is 3.45. The van der Waals surface area contributed by atoms with Gasteiger partial charge in [0.15, 0.2) is 0 Å². The molecule has 0 aliphatic carbocycles. The second kappa shape index (κ2) is 8.79. The quantitative estimate of drug-likeness (QED) is 0.537. The number of hydrogen-bond acceptors (Lipinski definition) is 6. The fraction of sp³-hybridized carbons (Fsp3) is 0.300. The number of rotatable bonds is 8. The number of carbonyl (C=O) groups is 2. The molecular weight excluding hydrogens is 376 g/mol. The number of carbonyl (C=O) groups excluding carboxylic acids is 1. The Morgan fingerprint density at radius 1 is 1.21 bits per heavy atom. The number of anilines is 1. The Kier molecular flexibility index (Phi) is 6.20. The van der Waals surface area contributed by atoms with Crippen molar-refractivity contribution in [1.82, 2.24) is 15.3 Å². The summed E-state index contributed by atoms with van der Waals surface area (Å²) in [6.07, 6.45) is 2.00. The fourth-order valence-corrected chi connectivity index (χ4v) is 4.04. The molecule has 0 radical (unpaired) electrons. The zero-order valence-corrected chi connectivity index (χ0v) is 16.5. The van der Waals surface area contributed by atoms with Gasteiger partial charge in [0.25, 0.3) is 0 Å². The number of aromatic nitrogens is 2. The average Bonchev–Trinajstić information content (AvgIpc) is 3.03. The molecule has 28 heavy (non-hydrogen) atoms. The number of nitrogens with zero attached hydrogens (tertiary/aromatic N) is 2. The molecule has 0 saturated carbocycles. The maximum atomic E-state index is 12.0. The lowest BCUT2D eigenvalue weighted by atomic mass is 10.0. The summed E-state index contributed by atoms with van der Waals surface area (Å²) < 4.78 is 0. The number of nitrogens with one attached hydrogen (secondary N) is 2. The van der Waals surface area contributed by atoms with Crippen molar-refractivity contribution in [3.8, 4) is 11.1 Å². The summed E-state index contributed by atoms with van der Waals surface area (Å²) in [5.41, 5.74) is 2.18. The van der Waals surface area contributed by atoms with E-state index in [4.69, 9.17) is 5.11 Å². The molecule has 1 atom stereocenters. The van der Waals surface area contributed by atoms with Crippen LogP contribution in [0.1, 0.15) is 24.6 Å². The molecule has 146 valence electrons. The van der Waals surface area contributed by atoms with Crippen LogP contribution in [0.5, 0.6) is 0 Å². The van der Waals surface area contributed by atoms with E-state index in [2.05, 4.69) is 39.7 Å². The standard InChI is InChI=1S/C20H22N4O3S/c1-3-14(20(26)27)24-15(25)9-10-21-18-17-16(13-7-5-4-6-8-13)12(2)28-19(17)23-11-22-18/h4-8,11,14H,3,9-10H2,1-2H3,(H,24,25)(H,26,27)(H,21,22,23). The molecule has 0 fully saturated rings. The van der Waals surface area contributed by atoms with Gasteiger partial charge in [-0.25, -0.2) is 14.8 Å². The van der Waals surface area contributed by atoms with Crippen molar-refractivity contribution in [3.05, 3.63) is 41.5 Å². The zero-order chi connectivity index (χ0) is 20.1. The summed E-state index contributed by atoms with van der Waals surface area (Å²) in [5, 5.41) is 15.7. The largest absolute Gasteiger partial charge is 0.480 e. The molecule has 3 aromatic rings. The van der Waals surface area contributed by atoms with E-state index in [1.165, 1.54) is 6.33 Å². The summed E-state index contributed by atoms with van der Waals surface area (Å²) in [6.45, 7) is 4.12. The lowest BCUT2D eigenvalue weighted by Gasteiger charge is -2.13. The van der Waals surface area contributed by atoms with E-state index < -0.39 is 12.0 Å². The third-order valence-corrected chi connectivity index (χ3v) is 5.43. The Balaban J connectivity index is 1.77. The summed E-state index contributed by atoms with van der Waals surface area (Å²) in [7, 11) is 0. The molecule has 3 N–H and O–H groups in total. The van der Waals surface area contributed by atoms with Crippen LogP contribution in [0.25, 0.3) is 21.3 Å². The number of hydrogen-bond donors (Lipinski definition) is 3. The molecule has 3 rings (SSSR count). The van der Waals surface area contributed by atoms with Gasteiger partial charge >= 0.3 is 5.97 Å². The molecule has 8 heteroatoms. The number of fused-ring (bicyclic) bond motifs is 1. The van der Waals surface area contributed by atoms with Crippen LogP contribution in [0.15, 0.2) is 36.7 Å². The van der Waals surface area contributed by atoms with Crippen molar-refractivity contribution in [1.29, 1.82) is 0 Å². The molecule has 0 aliphatic heterocycles. The van der Waals surface area contributed by atoms with E-state index in [1.807, 2.05) is 18.2 Å². The summed E-state index contributed by atoms with van der Waals surface area (Å²) in [6, 6.07) is 9.20. The topological polar surface area (TPSA) is 104 Å². The van der Waals surface area contributed by atoms with Crippen molar-refractivity contribution in [2.45, 2.75) is 32.7 Å². The summed E-state index contributed by atoms with van der Waals surface area (Å²) >= 11 is 1.61. The molecule has 2 aromatic heterocycles.